The lowest BCUT2D eigenvalue weighted by atomic mass is 9.81. The molecule has 43 heavy (non-hydrogen) atoms. The molecule has 2 aromatic rings. The molecule has 232 valence electrons. The molecule has 3 aliphatic rings. The summed E-state index contributed by atoms with van der Waals surface area (Å²) in [5.74, 6) is 2.89. The predicted molar refractivity (Wildman–Crippen MR) is 171 cm³/mol. The van der Waals surface area contributed by atoms with Crippen LogP contribution in [0.5, 0.6) is 11.5 Å². The minimum Gasteiger partial charge on any atom is -0.457 e. The van der Waals surface area contributed by atoms with Gasteiger partial charge in [-0.15, -0.1) is 23.5 Å². The van der Waals surface area contributed by atoms with Crippen molar-refractivity contribution < 1.29 is 24.2 Å². The number of carbonyl (C=O) groups is 3. The van der Waals surface area contributed by atoms with Crippen molar-refractivity contribution in [2.75, 3.05) is 38.2 Å². The average Bonchev–Trinajstić information content (AvgIpc) is 3.04. The van der Waals surface area contributed by atoms with Crippen molar-refractivity contribution in [2.45, 2.75) is 67.8 Å². The SMILES string of the molecule is CCCCN1C(=O)[C@@H]([C@@H](O)C2SCCCS2)NC(=O)C12CCN(Cc1ccc(Oc3ccc(C(=O)NC)cc3)cc1)CC2. The summed E-state index contributed by atoms with van der Waals surface area (Å²) < 4.78 is 5.85. The van der Waals surface area contributed by atoms with E-state index in [9.17, 15) is 19.5 Å². The Morgan fingerprint density at radius 2 is 1.70 bits per heavy atom. The summed E-state index contributed by atoms with van der Waals surface area (Å²) >= 11 is 3.36. The van der Waals surface area contributed by atoms with Crippen molar-refractivity contribution in [3.8, 4) is 11.5 Å². The number of unbranched alkanes of at least 4 members (excludes halogenated alkanes) is 1. The third-order valence-corrected chi connectivity index (χ3v) is 11.6. The molecule has 0 unspecified atom stereocenters. The first-order valence-corrected chi connectivity index (χ1v) is 17.3. The van der Waals surface area contributed by atoms with Crippen LogP contribution in [0.1, 0.15) is 54.9 Å². The van der Waals surface area contributed by atoms with E-state index in [1.54, 1.807) is 54.8 Å². The molecule has 2 atom stereocenters. The highest BCUT2D eigenvalue weighted by Crippen LogP contribution is 2.38. The molecule has 0 radical (unpaired) electrons. The zero-order valence-electron chi connectivity index (χ0n) is 24.9. The van der Waals surface area contributed by atoms with Crippen LogP contribution in [-0.4, -0.2) is 93.1 Å². The van der Waals surface area contributed by atoms with Crippen molar-refractivity contribution in [3.63, 3.8) is 0 Å². The van der Waals surface area contributed by atoms with Crippen LogP contribution in [0.4, 0.5) is 0 Å². The maximum Gasteiger partial charge on any atom is 0.251 e. The number of piperidine rings is 1. The number of hydrogen-bond donors (Lipinski definition) is 3. The fourth-order valence-electron chi connectivity index (χ4n) is 6.02. The molecule has 0 saturated carbocycles. The number of amides is 3. The Morgan fingerprint density at radius 1 is 1.07 bits per heavy atom. The lowest BCUT2D eigenvalue weighted by Gasteiger charge is -2.52. The number of nitrogens with zero attached hydrogens (tertiary/aromatic N) is 2. The van der Waals surface area contributed by atoms with Gasteiger partial charge in [0, 0.05) is 38.8 Å². The van der Waals surface area contributed by atoms with Crippen LogP contribution in [-0.2, 0) is 16.1 Å². The van der Waals surface area contributed by atoms with Gasteiger partial charge in [0.1, 0.15) is 29.2 Å². The van der Waals surface area contributed by atoms with Crippen molar-refractivity contribution in [3.05, 3.63) is 59.7 Å². The van der Waals surface area contributed by atoms with Gasteiger partial charge in [0.05, 0.1) is 4.58 Å². The Labute approximate surface area is 262 Å². The molecule has 2 aromatic carbocycles. The Morgan fingerprint density at radius 3 is 2.30 bits per heavy atom. The number of thioether (sulfide) groups is 2. The van der Waals surface area contributed by atoms with E-state index >= 15 is 0 Å². The average molecular weight is 627 g/mol. The third kappa shape index (κ3) is 7.16. The Hall–Kier alpha value is -2.73. The smallest absolute Gasteiger partial charge is 0.251 e. The highest BCUT2D eigenvalue weighted by molar-refractivity contribution is 8.17. The normalized spacial score (nSPS) is 21.8. The Balaban J connectivity index is 1.19. The van der Waals surface area contributed by atoms with Gasteiger partial charge in [0.15, 0.2) is 0 Å². The van der Waals surface area contributed by atoms with Gasteiger partial charge in [-0.05, 0) is 79.2 Å². The van der Waals surface area contributed by atoms with E-state index in [2.05, 4.69) is 22.5 Å². The molecule has 3 amide bonds. The van der Waals surface area contributed by atoms with Crippen LogP contribution in [0.15, 0.2) is 48.5 Å². The van der Waals surface area contributed by atoms with Gasteiger partial charge in [-0.2, -0.15) is 0 Å². The summed E-state index contributed by atoms with van der Waals surface area (Å²) in [6.45, 7) is 4.75. The number of benzene rings is 2. The van der Waals surface area contributed by atoms with Gasteiger partial charge < -0.3 is 25.4 Å². The maximum atomic E-state index is 13.8. The number of aliphatic hydroxyl groups is 1. The predicted octanol–water partition coefficient (Wildman–Crippen LogP) is 3.86. The maximum absolute atomic E-state index is 13.8. The molecule has 1 spiro atoms. The zero-order chi connectivity index (χ0) is 30.4. The van der Waals surface area contributed by atoms with E-state index in [4.69, 9.17) is 4.74 Å². The van der Waals surface area contributed by atoms with Crippen molar-refractivity contribution >= 4 is 41.2 Å². The standard InChI is InChI=1S/C32H42N4O5S2/c1-3-4-16-36-29(39)26(27(37)30-42-19-5-20-43-30)34-31(40)32(36)14-17-35(18-15-32)21-22-6-10-24(11-7-22)41-25-12-8-23(9-13-25)28(38)33-2/h6-13,26-27,30,37H,3-5,14-21H2,1-2H3,(H,33,38)(H,34,40)/t26-,27-/m1/s1. The summed E-state index contributed by atoms with van der Waals surface area (Å²) in [6.07, 6.45) is 3.08. The summed E-state index contributed by atoms with van der Waals surface area (Å²) in [5.41, 5.74) is 0.847. The number of rotatable bonds is 10. The first-order valence-electron chi connectivity index (χ1n) is 15.2. The molecule has 3 saturated heterocycles. The van der Waals surface area contributed by atoms with Crippen molar-refractivity contribution in [2.24, 2.45) is 0 Å². The van der Waals surface area contributed by atoms with E-state index in [0.717, 1.165) is 42.9 Å². The van der Waals surface area contributed by atoms with Crippen LogP contribution >= 0.6 is 23.5 Å². The summed E-state index contributed by atoms with van der Waals surface area (Å²) in [5, 5.41) is 16.7. The molecule has 9 nitrogen and oxygen atoms in total. The molecule has 3 heterocycles. The second kappa shape index (κ2) is 14.4. The molecular formula is C32H42N4O5S2. The number of carbonyl (C=O) groups excluding carboxylic acids is 3. The highest BCUT2D eigenvalue weighted by Gasteiger charge is 2.55. The lowest BCUT2D eigenvalue weighted by molar-refractivity contribution is -0.164. The van der Waals surface area contributed by atoms with Gasteiger partial charge in [-0.25, -0.2) is 0 Å². The number of piperazine rings is 1. The monoisotopic (exact) mass is 626 g/mol. The van der Waals surface area contributed by atoms with E-state index in [-0.39, 0.29) is 22.3 Å². The topological polar surface area (TPSA) is 111 Å². The second-order valence-electron chi connectivity index (χ2n) is 11.4. The molecule has 3 N–H and O–H groups in total. The van der Waals surface area contributed by atoms with Crippen molar-refractivity contribution in [1.82, 2.24) is 20.4 Å². The minimum atomic E-state index is -0.901. The Kier molecular flexibility index (Phi) is 10.6. The number of hydrogen-bond acceptors (Lipinski definition) is 8. The number of aliphatic hydroxyl groups excluding tert-OH is 1. The van der Waals surface area contributed by atoms with E-state index in [1.807, 2.05) is 29.2 Å². The molecule has 5 rings (SSSR count). The first-order chi connectivity index (χ1) is 20.8. The van der Waals surface area contributed by atoms with E-state index in [0.29, 0.717) is 49.5 Å². The molecule has 11 heteroatoms. The fraction of sp³-hybridized carbons (Fsp3) is 0.531. The Bertz CT molecular complexity index is 1260. The summed E-state index contributed by atoms with van der Waals surface area (Å²) in [6, 6.07) is 14.1. The first kappa shape index (κ1) is 31.7. The molecule has 0 bridgehead atoms. The van der Waals surface area contributed by atoms with Crippen molar-refractivity contribution in [1.29, 1.82) is 0 Å². The van der Waals surface area contributed by atoms with Crippen LogP contribution in [0.2, 0.25) is 0 Å². The minimum absolute atomic E-state index is 0.0988. The summed E-state index contributed by atoms with van der Waals surface area (Å²) in [4.78, 5) is 43.4. The lowest BCUT2D eigenvalue weighted by Crippen LogP contribution is -2.75. The zero-order valence-corrected chi connectivity index (χ0v) is 26.6. The van der Waals surface area contributed by atoms with Gasteiger partial charge in [0.2, 0.25) is 11.8 Å². The number of nitrogens with one attached hydrogen (secondary N) is 2. The number of likely N-dealkylation sites (tertiary alicyclic amines) is 1. The van der Waals surface area contributed by atoms with Gasteiger partial charge >= 0.3 is 0 Å². The van der Waals surface area contributed by atoms with Gasteiger partial charge in [-0.1, -0.05) is 25.5 Å². The van der Waals surface area contributed by atoms with Gasteiger partial charge in [-0.3, -0.25) is 19.3 Å². The highest BCUT2D eigenvalue weighted by atomic mass is 32.2. The van der Waals surface area contributed by atoms with Crippen LogP contribution in [0, 0.1) is 0 Å². The van der Waals surface area contributed by atoms with Crippen LogP contribution in [0.3, 0.4) is 0 Å². The third-order valence-electron chi connectivity index (χ3n) is 8.56. The number of ether oxygens (including phenoxy) is 1. The summed E-state index contributed by atoms with van der Waals surface area (Å²) in [7, 11) is 1.60. The van der Waals surface area contributed by atoms with E-state index < -0.39 is 17.7 Å². The fourth-order valence-corrected chi connectivity index (χ4v) is 8.97. The molecule has 0 aliphatic carbocycles. The molecule has 0 aromatic heterocycles. The largest absolute Gasteiger partial charge is 0.457 e. The molecule has 3 aliphatic heterocycles. The second-order valence-corrected chi connectivity index (χ2v) is 14.2. The molecular weight excluding hydrogens is 585 g/mol. The van der Waals surface area contributed by atoms with Crippen LogP contribution in [0.25, 0.3) is 0 Å². The van der Waals surface area contributed by atoms with E-state index in [1.165, 1.54) is 0 Å². The molecule has 3 fully saturated rings. The van der Waals surface area contributed by atoms with Gasteiger partial charge in [0.25, 0.3) is 5.91 Å². The van der Waals surface area contributed by atoms with Crippen LogP contribution < -0.4 is 15.4 Å². The quantitative estimate of drug-likeness (QED) is 0.365.